The molecule has 3 rings (SSSR count). The van der Waals surface area contributed by atoms with Gasteiger partial charge < -0.3 is 14.2 Å². The molecule has 20 heavy (non-hydrogen) atoms. The number of ether oxygens (including phenoxy) is 3. The topological polar surface area (TPSA) is 27.7 Å². The fourth-order valence-electron chi connectivity index (χ4n) is 2.95. The summed E-state index contributed by atoms with van der Waals surface area (Å²) in [5.41, 5.74) is 2.63. The average molecular weight is 270 g/mol. The minimum atomic E-state index is 0.782. The van der Waals surface area contributed by atoms with Gasteiger partial charge in [0.25, 0.3) is 0 Å². The van der Waals surface area contributed by atoms with Gasteiger partial charge in [-0.1, -0.05) is 18.2 Å². The molecule has 1 aromatic rings. The highest BCUT2D eigenvalue weighted by molar-refractivity contribution is 5.63. The van der Waals surface area contributed by atoms with Gasteiger partial charge in [-0.05, 0) is 36.1 Å². The average Bonchev–Trinajstić information content (AvgIpc) is 2.52. The Morgan fingerprint density at radius 1 is 0.950 bits per heavy atom. The lowest BCUT2D eigenvalue weighted by atomic mass is 9.91. The molecule has 0 unspecified atom stereocenters. The van der Waals surface area contributed by atoms with Crippen LogP contribution in [0, 0.1) is 0 Å². The highest BCUT2D eigenvalue weighted by Gasteiger charge is 2.20. The molecule has 2 aliphatic carbocycles. The molecule has 0 radical (unpaired) electrons. The standard InChI is InChI=1S/C17H18O3/c1-18-15-9-8-12-11-6-4-5-7-13(11)16(19-2)10-14(12)17(15)20-3/h4-5,7,9-10H,6,8H2,1-3H3. The van der Waals surface area contributed by atoms with E-state index in [0.717, 1.165) is 35.3 Å². The lowest BCUT2D eigenvalue weighted by molar-refractivity contribution is 0.262. The van der Waals surface area contributed by atoms with Crippen LogP contribution in [0.25, 0.3) is 11.8 Å². The molecule has 3 nitrogen and oxygen atoms in total. The second-order valence-electron chi connectivity index (χ2n) is 4.81. The zero-order valence-electron chi connectivity index (χ0n) is 12.0. The number of hydrogen-bond acceptors (Lipinski definition) is 3. The largest absolute Gasteiger partial charge is 0.496 e. The first-order chi connectivity index (χ1) is 9.80. The molecule has 0 spiro atoms. The molecule has 104 valence electrons. The number of fused-ring (bicyclic) bond motifs is 3. The van der Waals surface area contributed by atoms with E-state index in [1.807, 2.05) is 0 Å². The summed E-state index contributed by atoms with van der Waals surface area (Å²) in [7, 11) is 5.05. The molecular formula is C17H18O3. The predicted octanol–water partition coefficient (Wildman–Crippen LogP) is 1.43. The van der Waals surface area contributed by atoms with E-state index >= 15 is 0 Å². The van der Waals surface area contributed by atoms with E-state index in [0.29, 0.717) is 0 Å². The van der Waals surface area contributed by atoms with Crippen molar-refractivity contribution in [2.24, 2.45) is 0 Å². The second-order valence-corrected chi connectivity index (χ2v) is 4.81. The van der Waals surface area contributed by atoms with Gasteiger partial charge in [0.05, 0.1) is 21.3 Å². The lowest BCUT2D eigenvalue weighted by Gasteiger charge is -2.20. The normalized spacial score (nSPS) is 15.8. The van der Waals surface area contributed by atoms with Gasteiger partial charge in [-0.25, -0.2) is 0 Å². The quantitative estimate of drug-likeness (QED) is 0.831. The maximum absolute atomic E-state index is 5.55. The number of methoxy groups -OCH3 is 3. The number of rotatable bonds is 3. The molecule has 0 heterocycles. The summed E-state index contributed by atoms with van der Waals surface area (Å²) in [5.74, 6) is 2.46. The number of allylic oxidation sites excluding steroid dienone is 3. The van der Waals surface area contributed by atoms with E-state index in [1.54, 1.807) is 21.3 Å². The third kappa shape index (κ3) is 1.82. The first kappa shape index (κ1) is 12.9. The molecule has 2 aliphatic rings. The predicted molar refractivity (Wildman–Crippen MR) is 78.8 cm³/mol. The summed E-state index contributed by atoms with van der Waals surface area (Å²) in [6, 6.07) is 2.05. The third-order valence-corrected chi connectivity index (χ3v) is 3.88. The Bertz CT molecular complexity index is 724. The van der Waals surface area contributed by atoms with Gasteiger partial charge in [-0.2, -0.15) is 0 Å². The first-order valence-electron chi connectivity index (χ1n) is 6.68. The Morgan fingerprint density at radius 3 is 2.50 bits per heavy atom. The van der Waals surface area contributed by atoms with Crippen molar-refractivity contribution < 1.29 is 14.2 Å². The molecule has 0 amide bonds. The fourth-order valence-corrected chi connectivity index (χ4v) is 2.95. The Kier molecular flexibility index (Phi) is 3.26. The van der Waals surface area contributed by atoms with Crippen LogP contribution in [0.3, 0.4) is 0 Å². The van der Waals surface area contributed by atoms with Crippen LogP contribution in [-0.4, -0.2) is 21.3 Å². The zero-order valence-corrected chi connectivity index (χ0v) is 12.0. The lowest BCUT2D eigenvalue weighted by Crippen LogP contribution is -2.29. The molecule has 0 atom stereocenters. The monoisotopic (exact) mass is 270 g/mol. The summed E-state index contributed by atoms with van der Waals surface area (Å²) >= 11 is 0. The minimum absolute atomic E-state index is 0.782. The Labute approximate surface area is 118 Å². The Balaban J connectivity index is 2.39. The van der Waals surface area contributed by atoms with Crippen molar-refractivity contribution in [1.82, 2.24) is 0 Å². The van der Waals surface area contributed by atoms with Crippen molar-refractivity contribution in [3.8, 4) is 5.75 Å². The fraction of sp³-hybridized carbons (Fsp3) is 0.294. The van der Waals surface area contributed by atoms with Crippen molar-refractivity contribution in [3.05, 3.63) is 51.6 Å². The second kappa shape index (κ2) is 5.08. The number of hydrogen-bond donors (Lipinski definition) is 0. The van der Waals surface area contributed by atoms with E-state index in [-0.39, 0.29) is 0 Å². The SMILES string of the molecule is COC1=CCc2c3c(c(OC)cc2=C1OC)=CC=CC3. The minimum Gasteiger partial charge on any atom is -0.496 e. The van der Waals surface area contributed by atoms with Crippen LogP contribution < -0.4 is 15.2 Å². The molecule has 0 bridgehead atoms. The zero-order chi connectivity index (χ0) is 14.1. The van der Waals surface area contributed by atoms with Crippen molar-refractivity contribution in [1.29, 1.82) is 0 Å². The van der Waals surface area contributed by atoms with Crippen LogP contribution in [0.15, 0.2) is 30.1 Å². The van der Waals surface area contributed by atoms with Crippen LogP contribution in [0.5, 0.6) is 5.75 Å². The van der Waals surface area contributed by atoms with Gasteiger partial charge in [0, 0.05) is 10.4 Å². The van der Waals surface area contributed by atoms with E-state index in [4.69, 9.17) is 14.2 Å². The summed E-state index contributed by atoms with van der Waals surface area (Å²) in [4.78, 5) is 0. The van der Waals surface area contributed by atoms with Crippen molar-refractivity contribution in [2.45, 2.75) is 12.8 Å². The number of benzene rings is 1. The van der Waals surface area contributed by atoms with E-state index in [2.05, 4.69) is 30.4 Å². The molecule has 3 heteroatoms. The van der Waals surface area contributed by atoms with Gasteiger partial charge >= 0.3 is 0 Å². The molecule has 0 fully saturated rings. The summed E-state index contributed by atoms with van der Waals surface area (Å²) in [6.07, 6.45) is 10.2. The molecule has 0 aliphatic heterocycles. The van der Waals surface area contributed by atoms with Crippen molar-refractivity contribution >= 4 is 11.8 Å². The summed E-state index contributed by atoms with van der Waals surface area (Å²) in [6.45, 7) is 0. The van der Waals surface area contributed by atoms with Crippen LogP contribution in [0.4, 0.5) is 0 Å². The third-order valence-electron chi connectivity index (χ3n) is 3.88. The van der Waals surface area contributed by atoms with E-state index in [1.165, 1.54) is 16.3 Å². The summed E-state index contributed by atoms with van der Waals surface area (Å²) < 4.78 is 16.5. The Hall–Kier alpha value is -2.16. The maximum atomic E-state index is 5.55. The first-order valence-corrected chi connectivity index (χ1v) is 6.68. The highest BCUT2D eigenvalue weighted by Crippen LogP contribution is 2.21. The molecule has 0 N–H and O–H groups in total. The van der Waals surface area contributed by atoms with Crippen LogP contribution in [0.1, 0.15) is 11.1 Å². The van der Waals surface area contributed by atoms with Crippen molar-refractivity contribution in [3.63, 3.8) is 0 Å². The van der Waals surface area contributed by atoms with Gasteiger partial charge in [-0.3, -0.25) is 0 Å². The van der Waals surface area contributed by atoms with Gasteiger partial charge in [0.1, 0.15) is 5.75 Å². The molecule has 0 saturated heterocycles. The smallest absolute Gasteiger partial charge is 0.168 e. The summed E-state index contributed by atoms with van der Waals surface area (Å²) in [5, 5.41) is 2.25. The molecule has 0 saturated carbocycles. The molecule has 1 aromatic carbocycles. The van der Waals surface area contributed by atoms with Gasteiger partial charge in [-0.15, -0.1) is 0 Å². The van der Waals surface area contributed by atoms with Crippen LogP contribution in [-0.2, 0) is 22.3 Å². The van der Waals surface area contributed by atoms with Gasteiger partial charge in [0.15, 0.2) is 11.5 Å². The van der Waals surface area contributed by atoms with Crippen molar-refractivity contribution in [2.75, 3.05) is 21.3 Å². The van der Waals surface area contributed by atoms with E-state index < -0.39 is 0 Å². The molecular weight excluding hydrogens is 252 g/mol. The van der Waals surface area contributed by atoms with Crippen LogP contribution >= 0.6 is 0 Å². The Morgan fingerprint density at radius 2 is 1.80 bits per heavy atom. The molecule has 0 aromatic heterocycles. The van der Waals surface area contributed by atoms with Gasteiger partial charge in [0.2, 0.25) is 0 Å². The maximum Gasteiger partial charge on any atom is 0.168 e. The van der Waals surface area contributed by atoms with Crippen LogP contribution in [0.2, 0.25) is 0 Å². The highest BCUT2D eigenvalue weighted by atomic mass is 16.5. The van der Waals surface area contributed by atoms with E-state index in [9.17, 15) is 0 Å².